The molecule has 0 bridgehead atoms. The highest BCUT2D eigenvalue weighted by atomic mass is 19.4. The molecule has 9 heteroatoms. The number of carboxylic acid groups (broad SMARTS) is 1. The van der Waals surface area contributed by atoms with Crippen molar-refractivity contribution in [3.05, 3.63) is 41.4 Å². The van der Waals surface area contributed by atoms with E-state index >= 15 is 0 Å². The van der Waals surface area contributed by atoms with Gasteiger partial charge < -0.3 is 9.51 Å². The zero-order chi connectivity index (χ0) is 20.0. The molecule has 27 heavy (non-hydrogen) atoms. The molecular formula is C18H17F5N2O2. The van der Waals surface area contributed by atoms with Gasteiger partial charge in [0.15, 0.2) is 5.69 Å². The summed E-state index contributed by atoms with van der Waals surface area (Å²) in [5.41, 5.74) is -1.47. The summed E-state index contributed by atoms with van der Waals surface area (Å²) in [7, 11) is 0. The minimum absolute atomic E-state index is 0.0604. The van der Waals surface area contributed by atoms with Crippen LogP contribution in [0.5, 0.6) is 0 Å². The van der Waals surface area contributed by atoms with Gasteiger partial charge in [-0.15, -0.1) is 0 Å². The molecule has 4 nitrogen and oxygen atoms in total. The first kappa shape index (κ1) is 19.3. The van der Waals surface area contributed by atoms with Gasteiger partial charge in [-0.05, 0) is 31.2 Å². The molecule has 1 fully saturated rings. The number of carbonyl (C=O) groups is 1. The van der Waals surface area contributed by atoms with Gasteiger partial charge in [0.1, 0.15) is 5.65 Å². The van der Waals surface area contributed by atoms with Crippen LogP contribution < -0.4 is 0 Å². The molecule has 0 spiro atoms. The Hall–Kier alpha value is -2.45. The van der Waals surface area contributed by atoms with Crippen molar-refractivity contribution in [1.29, 1.82) is 0 Å². The number of fused-ring (bicyclic) bond motifs is 1. The first-order chi connectivity index (χ1) is 12.5. The van der Waals surface area contributed by atoms with Crippen molar-refractivity contribution in [2.45, 2.75) is 44.2 Å². The molecule has 146 valence electrons. The maximum absolute atomic E-state index is 13.5. The third-order valence-corrected chi connectivity index (χ3v) is 4.93. The van der Waals surface area contributed by atoms with Crippen molar-refractivity contribution in [3.63, 3.8) is 0 Å². The van der Waals surface area contributed by atoms with Crippen LogP contribution in [-0.2, 0) is 12.6 Å². The third kappa shape index (κ3) is 3.81. The van der Waals surface area contributed by atoms with Gasteiger partial charge in [-0.1, -0.05) is 12.7 Å². The molecule has 0 atom stereocenters. The fourth-order valence-corrected chi connectivity index (χ4v) is 3.50. The summed E-state index contributed by atoms with van der Waals surface area (Å²) in [6.07, 6.45) is -2.76. The fraction of sp³-hybridized carbons (Fsp3) is 0.444. The number of imidazole rings is 1. The quantitative estimate of drug-likeness (QED) is 0.745. The lowest BCUT2D eigenvalue weighted by atomic mass is 9.83. The fourth-order valence-electron chi connectivity index (χ4n) is 3.50. The van der Waals surface area contributed by atoms with Crippen molar-refractivity contribution in [2.75, 3.05) is 0 Å². The summed E-state index contributed by atoms with van der Waals surface area (Å²) in [5.74, 6) is -4.40. The Bertz CT molecular complexity index is 891. The van der Waals surface area contributed by atoms with Crippen LogP contribution in [-0.4, -0.2) is 26.4 Å². The number of hydrogen-bond acceptors (Lipinski definition) is 2. The summed E-state index contributed by atoms with van der Waals surface area (Å²) >= 11 is 0. The summed E-state index contributed by atoms with van der Waals surface area (Å²) < 4.78 is 68.3. The average molecular weight is 388 g/mol. The molecule has 0 aliphatic heterocycles. The number of rotatable bonds is 4. The minimum Gasteiger partial charge on any atom is -0.478 e. The van der Waals surface area contributed by atoms with Crippen LogP contribution in [0.4, 0.5) is 22.0 Å². The molecular weight excluding hydrogens is 371 g/mol. The average Bonchev–Trinajstić information content (AvgIpc) is 2.93. The molecule has 1 aliphatic rings. The number of carboxylic acids is 1. The van der Waals surface area contributed by atoms with Gasteiger partial charge in [0.05, 0.1) is 11.3 Å². The lowest BCUT2D eigenvalue weighted by Gasteiger charge is -2.28. The Balaban J connectivity index is 2.08. The van der Waals surface area contributed by atoms with E-state index < -0.39 is 23.8 Å². The molecule has 0 amide bonds. The Morgan fingerprint density at radius 1 is 1.37 bits per heavy atom. The molecule has 0 unspecified atom stereocenters. The number of hydrogen-bond donors (Lipinski definition) is 1. The predicted molar refractivity (Wildman–Crippen MR) is 87.9 cm³/mol. The van der Waals surface area contributed by atoms with Gasteiger partial charge in [0.25, 0.3) is 0 Å². The first-order valence-corrected chi connectivity index (χ1v) is 8.37. The van der Waals surface area contributed by atoms with Crippen molar-refractivity contribution in [3.8, 4) is 0 Å². The number of nitrogens with zero attached hydrogens (tertiary/aromatic N) is 2. The second kappa shape index (κ2) is 6.61. The SMILES string of the molecule is C=Cc1cn2c(CC3CCC(F)(F)CC3)c(C(F)(F)F)nc2cc1C(=O)O. The highest BCUT2D eigenvalue weighted by molar-refractivity contribution is 5.93. The van der Waals surface area contributed by atoms with Crippen LogP contribution in [0.1, 0.15) is 53.0 Å². The molecule has 1 aliphatic carbocycles. The third-order valence-electron chi connectivity index (χ3n) is 4.93. The van der Waals surface area contributed by atoms with E-state index in [1.54, 1.807) is 0 Å². The highest BCUT2D eigenvalue weighted by Gasteiger charge is 2.40. The number of halogens is 5. The summed E-state index contributed by atoms with van der Waals surface area (Å²) in [4.78, 5) is 14.9. The second-order valence-corrected chi connectivity index (χ2v) is 6.79. The van der Waals surface area contributed by atoms with Crippen LogP contribution >= 0.6 is 0 Å². The van der Waals surface area contributed by atoms with E-state index in [4.69, 9.17) is 0 Å². The Kier molecular flexibility index (Phi) is 4.73. The van der Waals surface area contributed by atoms with Gasteiger partial charge in [0, 0.05) is 24.6 Å². The van der Waals surface area contributed by atoms with Gasteiger partial charge in [0.2, 0.25) is 5.92 Å². The smallest absolute Gasteiger partial charge is 0.435 e. The number of aromatic nitrogens is 2. The minimum atomic E-state index is -4.74. The molecule has 0 radical (unpaired) electrons. The van der Waals surface area contributed by atoms with E-state index in [1.807, 2.05) is 0 Å². The van der Waals surface area contributed by atoms with E-state index in [0.717, 1.165) is 6.07 Å². The van der Waals surface area contributed by atoms with Crippen molar-refractivity contribution < 1.29 is 31.9 Å². The maximum Gasteiger partial charge on any atom is 0.435 e. The number of aromatic carboxylic acids is 1. The van der Waals surface area contributed by atoms with E-state index in [-0.39, 0.29) is 60.5 Å². The molecule has 2 heterocycles. The topological polar surface area (TPSA) is 54.6 Å². The lowest BCUT2D eigenvalue weighted by molar-refractivity contribution is -0.141. The van der Waals surface area contributed by atoms with Gasteiger partial charge in [-0.25, -0.2) is 18.6 Å². The van der Waals surface area contributed by atoms with Crippen LogP contribution in [0.15, 0.2) is 18.8 Å². The molecule has 1 N–H and O–H groups in total. The molecule has 1 saturated carbocycles. The highest BCUT2D eigenvalue weighted by Crippen LogP contribution is 2.40. The first-order valence-electron chi connectivity index (χ1n) is 8.37. The van der Waals surface area contributed by atoms with Gasteiger partial charge in [-0.3, -0.25) is 0 Å². The van der Waals surface area contributed by atoms with Crippen LogP contribution in [0.2, 0.25) is 0 Å². The normalized spacial score (nSPS) is 18.0. The summed E-state index contributed by atoms with van der Waals surface area (Å²) in [6, 6.07) is 1.06. The molecule has 0 saturated heterocycles. The zero-order valence-corrected chi connectivity index (χ0v) is 14.2. The second-order valence-electron chi connectivity index (χ2n) is 6.79. The van der Waals surface area contributed by atoms with E-state index in [0.29, 0.717) is 0 Å². The van der Waals surface area contributed by atoms with Gasteiger partial charge >= 0.3 is 12.1 Å². The summed E-state index contributed by atoms with van der Waals surface area (Å²) in [5, 5.41) is 9.22. The zero-order valence-electron chi connectivity index (χ0n) is 14.2. The Labute approximate surface area is 151 Å². The van der Waals surface area contributed by atoms with Crippen molar-refractivity contribution in [1.82, 2.24) is 9.38 Å². The van der Waals surface area contributed by atoms with Gasteiger partial charge in [-0.2, -0.15) is 13.2 Å². The van der Waals surface area contributed by atoms with E-state index in [9.17, 15) is 31.9 Å². The van der Waals surface area contributed by atoms with Crippen LogP contribution in [0.25, 0.3) is 11.7 Å². The number of pyridine rings is 1. The maximum atomic E-state index is 13.5. The molecule has 2 aromatic heterocycles. The van der Waals surface area contributed by atoms with E-state index in [1.165, 1.54) is 16.7 Å². The number of alkyl halides is 5. The van der Waals surface area contributed by atoms with Crippen LogP contribution in [0.3, 0.4) is 0 Å². The summed E-state index contributed by atoms with van der Waals surface area (Å²) in [6.45, 7) is 3.50. The van der Waals surface area contributed by atoms with Crippen molar-refractivity contribution >= 4 is 17.7 Å². The van der Waals surface area contributed by atoms with E-state index in [2.05, 4.69) is 11.6 Å². The monoisotopic (exact) mass is 388 g/mol. The molecule has 3 rings (SSSR count). The Morgan fingerprint density at radius 2 is 2.00 bits per heavy atom. The van der Waals surface area contributed by atoms with Crippen molar-refractivity contribution in [2.24, 2.45) is 5.92 Å². The predicted octanol–water partition coefficient (Wildman–Crippen LogP) is 5.06. The Morgan fingerprint density at radius 3 is 2.52 bits per heavy atom. The van der Waals surface area contributed by atoms with Crippen LogP contribution in [0, 0.1) is 5.92 Å². The molecule has 0 aromatic carbocycles. The molecule has 2 aromatic rings. The standard InChI is InChI=1S/C18H17F5N2O2/c1-2-11-9-25-13(7-10-3-5-17(19,20)6-4-10)15(18(21,22)23)24-14(25)8-12(11)16(26)27/h2,8-10H,1,3-7H2,(H,26,27). The lowest BCUT2D eigenvalue weighted by Crippen LogP contribution is -2.26. The largest absolute Gasteiger partial charge is 0.478 e.